The zero-order chi connectivity index (χ0) is 20.5. The molecular weight excluding hydrogens is 375 g/mol. The molecule has 1 amide bonds. The van der Waals surface area contributed by atoms with Gasteiger partial charge in [0.05, 0.1) is 24.0 Å². The number of carbonyl (C=O) groups excluding carboxylic acids is 1. The molecule has 0 radical (unpaired) electrons. The number of rotatable bonds is 3. The lowest BCUT2D eigenvalue weighted by Crippen LogP contribution is -2.47. The number of hydrogen-bond donors (Lipinski definition) is 0. The molecule has 1 unspecified atom stereocenters. The smallest absolute Gasteiger partial charge is 0.375 e. The Labute approximate surface area is 159 Å². The van der Waals surface area contributed by atoms with E-state index >= 15 is 0 Å². The van der Waals surface area contributed by atoms with Gasteiger partial charge < -0.3 is 9.64 Å². The first-order valence-electron chi connectivity index (χ1n) is 8.90. The predicted molar refractivity (Wildman–Crippen MR) is 95.5 cm³/mol. The highest BCUT2D eigenvalue weighted by molar-refractivity contribution is 5.92. The van der Waals surface area contributed by atoms with Crippen molar-refractivity contribution in [2.24, 2.45) is 0 Å². The average Bonchev–Trinajstić information content (AvgIpc) is 2.67. The van der Waals surface area contributed by atoms with E-state index in [4.69, 9.17) is 4.74 Å². The van der Waals surface area contributed by atoms with E-state index in [9.17, 15) is 22.8 Å². The third-order valence-electron chi connectivity index (χ3n) is 4.61. The van der Waals surface area contributed by atoms with Gasteiger partial charge in [0.1, 0.15) is 0 Å². The summed E-state index contributed by atoms with van der Waals surface area (Å²) in [7, 11) is 0. The third-order valence-corrected chi connectivity index (χ3v) is 4.61. The Bertz CT molecular complexity index is 940. The number of carbonyl (C=O) groups is 1. The molecule has 2 heterocycles. The van der Waals surface area contributed by atoms with E-state index < -0.39 is 23.1 Å². The van der Waals surface area contributed by atoms with Crippen molar-refractivity contribution in [3.05, 3.63) is 57.5 Å². The van der Waals surface area contributed by atoms with Crippen LogP contribution in [0.4, 0.5) is 13.2 Å². The Morgan fingerprint density at radius 1 is 1.32 bits per heavy atom. The van der Waals surface area contributed by atoms with E-state index in [0.717, 1.165) is 18.6 Å². The van der Waals surface area contributed by atoms with Crippen LogP contribution in [0.15, 0.2) is 35.1 Å². The first kappa shape index (κ1) is 20.1. The van der Waals surface area contributed by atoms with Crippen molar-refractivity contribution in [1.29, 1.82) is 0 Å². The molecule has 1 aliphatic heterocycles. The van der Waals surface area contributed by atoms with Gasteiger partial charge in [-0.3, -0.25) is 9.59 Å². The van der Waals surface area contributed by atoms with E-state index in [2.05, 4.69) is 5.10 Å². The summed E-state index contributed by atoms with van der Waals surface area (Å²) in [5, 5.41) is 4.10. The van der Waals surface area contributed by atoms with Gasteiger partial charge in [0.25, 0.3) is 5.91 Å². The highest BCUT2D eigenvalue weighted by Gasteiger charge is 2.31. The summed E-state index contributed by atoms with van der Waals surface area (Å²) >= 11 is 0. The van der Waals surface area contributed by atoms with Crippen LogP contribution in [0.5, 0.6) is 0 Å². The summed E-state index contributed by atoms with van der Waals surface area (Å²) < 4.78 is 45.8. The number of hydrogen-bond acceptors (Lipinski definition) is 4. The zero-order valence-corrected chi connectivity index (χ0v) is 15.5. The van der Waals surface area contributed by atoms with Crippen LogP contribution < -0.4 is 5.43 Å². The maximum absolute atomic E-state index is 13.0. The molecule has 1 atom stereocenters. The molecule has 3 rings (SSSR count). The third kappa shape index (κ3) is 4.09. The maximum Gasteiger partial charge on any atom is 0.416 e. The van der Waals surface area contributed by atoms with E-state index in [1.165, 1.54) is 27.8 Å². The number of aryl methyl sites for hydroxylation is 1. The number of halogens is 3. The van der Waals surface area contributed by atoms with Crippen molar-refractivity contribution in [3.63, 3.8) is 0 Å². The van der Waals surface area contributed by atoms with Gasteiger partial charge in [0.15, 0.2) is 5.69 Å². The first-order chi connectivity index (χ1) is 13.2. The normalized spacial score (nSPS) is 17.6. The molecule has 2 aromatic rings. The minimum atomic E-state index is -4.51. The number of benzene rings is 1. The molecule has 1 saturated heterocycles. The van der Waals surface area contributed by atoms with E-state index in [1.54, 1.807) is 6.92 Å². The summed E-state index contributed by atoms with van der Waals surface area (Å²) in [6.07, 6.45) is -3.90. The van der Waals surface area contributed by atoms with Crippen LogP contribution in [0.3, 0.4) is 0 Å². The molecule has 1 aromatic heterocycles. The van der Waals surface area contributed by atoms with Crippen LogP contribution in [0.1, 0.15) is 35.1 Å². The topological polar surface area (TPSA) is 64.4 Å². The zero-order valence-electron chi connectivity index (χ0n) is 15.5. The van der Waals surface area contributed by atoms with Crippen molar-refractivity contribution >= 4 is 5.91 Å². The number of ether oxygens (including phenoxy) is 1. The van der Waals surface area contributed by atoms with Gasteiger partial charge in [-0.2, -0.15) is 18.3 Å². The second-order valence-electron chi connectivity index (χ2n) is 6.61. The standard InChI is InChI=1S/C19H20F3N3O3/c1-3-15-11-24(7-8-28-15)18(27)17-16(26)9-12(2)25(23-17)14-6-4-5-13(10-14)19(20,21)22/h4-6,9-10,15H,3,7-8,11H2,1-2H3. The summed E-state index contributed by atoms with van der Waals surface area (Å²) in [6, 6.07) is 5.79. The fourth-order valence-electron chi connectivity index (χ4n) is 3.07. The molecule has 0 bridgehead atoms. The SMILES string of the molecule is CCC1CN(C(=O)c2nn(-c3cccc(C(F)(F)F)c3)c(C)cc2=O)CCO1. The molecule has 0 saturated carbocycles. The van der Waals surface area contributed by atoms with Crippen LogP contribution in [0.25, 0.3) is 5.69 Å². The Morgan fingerprint density at radius 2 is 2.07 bits per heavy atom. The molecule has 0 N–H and O–H groups in total. The number of alkyl halides is 3. The Balaban J connectivity index is 2.00. The fraction of sp³-hybridized carbons (Fsp3) is 0.421. The number of nitrogens with zero attached hydrogens (tertiary/aromatic N) is 3. The number of aromatic nitrogens is 2. The van der Waals surface area contributed by atoms with Crippen LogP contribution in [0, 0.1) is 6.92 Å². The fourth-order valence-corrected chi connectivity index (χ4v) is 3.07. The minimum absolute atomic E-state index is 0.117. The molecule has 150 valence electrons. The summed E-state index contributed by atoms with van der Waals surface area (Å²) in [5.74, 6) is -0.549. The molecule has 6 nitrogen and oxygen atoms in total. The van der Waals surface area contributed by atoms with Gasteiger partial charge in [-0.05, 0) is 31.5 Å². The maximum atomic E-state index is 13.0. The molecule has 1 aliphatic rings. The highest BCUT2D eigenvalue weighted by Crippen LogP contribution is 2.30. The Hall–Kier alpha value is -2.68. The quantitative estimate of drug-likeness (QED) is 0.802. The largest absolute Gasteiger partial charge is 0.416 e. The Morgan fingerprint density at radius 3 is 2.75 bits per heavy atom. The molecule has 0 spiro atoms. The summed E-state index contributed by atoms with van der Waals surface area (Å²) in [6.45, 7) is 4.51. The summed E-state index contributed by atoms with van der Waals surface area (Å²) in [5.41, 5.74) is -1.27. The van der Waals surface area contributed by atoms with Crippen LogP contribution in [0.2, 0.25) is 0 Å². The van der Waals surface area contributed by atoms with Crippen LogP contribution in [-0.2, 0) is 10.9 Å². The van der Waals surface area contributed by atoms with Crippen molar-refractivity contribution in [2.45, 2.75) is 32.5 Å². The molecule has 1 aromatic carbocycles. The van der Waals surface area contributed by atoms with Crippen LogP contribution in [-0.4, -0.2) is 46.4 Å². The van der Waals surface area contributed by atoms with Crippen molar-refractivity contribution < 1.29 is 22.7 Å². The van der Waals surface area contributed by atoms with E-state index in [0.29, 0.717) is 25.4 Å². The number of morpholine rings is 1. The lowest BCUT2D eigenvalue weighted by molar-refractivity contribution is -0.137. The molecule has 28 heavy (non-hydrogen) atoms. The first-order valence-corrected chi connectivity index (χ1v) is 8.90. The average molecular weight is 395 g/mol. The lowest BCUT2D eigenvalue weighted by Gasteiger charge is -2.32. The summed E-state index contributed by atoms with van der Waals surface area (Å²) in [4.78, 5) is 26.7. The van der Waals surface area contributed by atoms with E-state index in [-0.39, 0.29) is 17.5 Å². The molecular formula is C19H20F3N3O3. The van der Waals surface area contributed by atoms with Gasteiger partial charge >= 0.3 is 6.18 Å². The molecule has 0 aliphatic carbocycles. The number of amides is 1. The lowest BCUT2D eigenvalue weighted by atomic mass is 10.2. The highest BCUT2D eigenvalue weighted by atomic mass is 19.4. The van der Waals surface area contributed by atoms with Gasteiger partial charge in [-0.25, -0.2) is 4.68 Å². The van der Waals surface area contributed by atoms with Crippen molar-refractivity contribution in [2.75, 3.05) is 19.7 Å². The minimum Gasteiger partial charge on any atom is -0.375 e. The van der Waals surface area contributed by atoms with Gasteiger partial charge in [0, 0.05) is 24.8 Å². The van der Waals surface area contributed by atoms with Gasteiger partial charge in [-0.1, -0.05) is 13.0 Å². The van der Waals surface area contributed by atoms with Gasteiger partial charge in [0.2, 0.25) is 5.43 Å². The van der Waals surface area contributed by atoms with Crippen molar-refractivity contribution in [3.8, 4) is 5.69 Å². The monoisotopic (exact) mass is 395 g/mol. The molecule has 9 heteroatoms. The van der Waals surface area contributed by atoms with Crippen molar-refractivity contribution in [1.82, 2.24) is 14.7 Å². The Kier molecular flexibility index (Phi) is 5.55. The van der Waals surface area contributed by atoms with E-state index in [1.807, 2.05) is 6.92 Å². The molecule has 1 fully saturated rings. The predicted octanol–water partition coefficient (Wildman–Crippen LogP) is 2.81. The second kappa shape index (κ2) is 7.75. The van der Waals surface area contributed by atoms with Crippen LogP contribution >= 0.6 is 0 Å². The van der Waals surface area contributed by atoms with Gasteiger partial charge in [-0.15, -0.1) is 0 Å². The second-order valence-corrected chi connectivity index (χ2v) is 6.61.